The van der Waals surface area contributed by atoms with Crippen LogP contribution in [0.2, 0.25) is 0 Å². The Balaban J connectivity index is 1.52. The first-order valence-electron chi connectivity index (χ1n) is 7.18. The first-order valence-corrected chi connectivity index (χ1v) is 9.46. The molecule has 1 heterocycles. The Morgan fingerprint density at radius 3 is 2.57 bits per heavy atom. The molecule has 0 bridgehead atoms. The number of fused-ring (bicyclic) bond motifs is 1. The fraction of sp³-hybridized carbons (Fsp3) is 0.250. The van der Waals surface area contributed by atoms with Gasteiger partial charge in [0.25, 0.3) is 0 Å². The predicted octanol–water partition coefficient (Wildman–Crippen LogP) is 3.09. The molecular formula is C16H16BrNO4S. The first-order chi connectivity index (χ1) is 11.0. The summed E-state index contributed by atoms with van der Waals surface area (Å²) in [5, 5.41) is 0. The van der Waals surface area contributed by atoms with Gasteiger partial charge in [-0.25, -0.2) is 13.1 Å². The zero-order valence-corrected chi connectivity index (χ0v) is 14.7. The topological polar surface area (TPSA) is 64.6 Å². The molecule has 1 aliphatic heterocycles. The Morgan fingerprint density at radius 2 is 1.78 bits per heavy atom. The van der Waals surface area contributed by atoms with Gasteiger partial charge in [-0.3, -0.25) is 0 Å². The molecule has 1 aliphatic rings. The molecule has 2 aromatic rings. The summed E-state index contributed by atoms with van der Waals surface area (Å²) in [4.78, 5) is 0.267. The van der Waals surface area contributed by atoms with Crippen molar-refractivity contribution in [2.45, 2.75) is 17.7 Å². The van der Waals surface area contributed by atoms with E-state index in [1.807, 2.05) is 18.2 Å². The van der Waals surface area contributed by atoms with Gasteiger partial charge in [0, 0.05) is 11.0 Å². The highest BCUT2D eigenvalue weighted by atomic mass is 79.9. The van der Waals surface area contributed by atoms with Crippen LogP contribution in [0.5, 0.6) is 11.5 Å². The number of ether oxygens (including phenoxy) is 2. The summed E-state index contributed by atoms with van der Waals surface area (Å²) in [6.45, 7) is 0.638. The maximum absolute atomic E-state index is 12.1. The summed E-state index contributed by atoms with van der Waals surface area (Å²) >= 11 is 3.29. The summed E-state index contributed by atoms with van der Waals surface area (Å²) in [7, 11) is -3.46. The minimum absolute atomic E-state index is 0.256. The van der Waals surface area contributed by atoms with Crippen molar-refractivity contribution in [2.24, 2.45) is 0 Å². The summed E-state index contributed by atoms with van der Waals surface area (Å²) in [6, 6.07) is 12.4. The molecule has 23 heavy (non-hydrogen) atoms. The van der Waals surface area contributed by atoms with Crippen molar-refractivity contribution >= 4 is 26.0 Å². The van der Waals surface area contributed by atoms with Gasteiger partial charge in [0.2, 0.25) is 16.8 Å². The number of hydrogen-bond donors (Lipinski definition) is 1. The van der Waals surface area contributed by atoms with Crippen LogP contribution in [-0.4, -0.2) is 21.8 Å². The SMILES string of the molecule is O=S(=O)(NCCCc1ccc2c(c1)OCO2)c1ccc(Br)cc1. The van der Waals surface area contributed by atoms with Crippen LogP contribution in [0.15, 0.2) is 51.8 Å². The van der Waals surface area contributed by atoms with Gasteiger partial charge in [0.05, 0.1) is 4.90 Å². The summed E-state index contributed by atoms with van der Waals surface area (Å²) in [5.41, 5.74) is 1.09. The van der Waals surface area contributed by atoms with Crippen LogP contribution in [0, 0.1) is 0 Å². The Labute approximate surface area is 143 Å². The van der Waals surface area contributed by atoms with E-state index in [9.17, 15) is 8.42 Å². The quantitative estimate of drug-likeness (QED) is 0.760. The summed E-state index contributed by atoms with van der Waals surface area (Å²) in [5.74, 6) is 1.50. The largest absolute Gasteiger partial charge is 0.454 e. The third-order valence-corrected chi connectivity index (χ3v) is 5.50. The van der Waals surface area contributed by atoms with Crippen molar-refractivity contribution in [3.8, 4) is 11.5 Å². The van der Waals surface area contributed by atoms with Crippen molar-refractivity contribution in [3.05, 3.63) is 52.5 Å². The molecule has 0 atom stereocenters. The molecule has 0 saturated heterocycles. The van der Waals surface area contributed by atoms with E-state index < -0.39 is 10.0 Å². The fourth-order valence-electron chi connectivity index (χ4n) is 2.29. The minimum Gasteiger partial charge on any atom is -0.454 e. The molecule has 3 rings (SSSR count). The lowest BCUT2D eigenvalue weighted by Gasteiger charge is -2.07. The number of hydrogen-bond acceptors (Lipinski definition) is 4. The van der Waals surface area contributed by atoms with Gasteiger partial charge in [-0.2, -0.15) is 0 Å². The number of nitrogens with one attached hydrogen (secondary N) is 1. The molecule has 1 N–H and O–H groups in total. The summed E-state index contributed by atoms with van der Waals surface area (Å²) in [6.07, 6.45) is 1.47. The van der Waals surface area contributed by atoms with Crippen LogP contribution in [0.25, 0.3) is 0 Å². The molecule has 0 unspecified atom stereocenters. The van der Waals surface area contributed by atoms with Crippen molar-refractivity contribution in [1.82, 2.24) is 4.72 Å². The normalized spacial score (nSPS) is 13.3. The number of aryl methyl sites for hydroxylation is 1. The Kier molecular flexibility index (Phi) is 4.89. The highest BCUT2D eigenvalue weighted by Crippen LogP contribution is 2.32. The maximum atomic E-state index is 12.1. The Bertz CT molecular complexity index is 790. The Hall–Kier alpha value is -1.57. The molecule has 0 spiro atoms. The zero-order valence-electron chi connectivity index (χ0n) is 12.3. The van der Waals surface area contributed by atoms with Gasteiger partial charge >= 0.3 is 0 Å². The van der Waals surface area contributed by atoms with Crippen LogP contribution in [0.3, 0.4) is 0 Å². The zero-order chi connectivity index (χ0) is 16.3. The lowest BCUT2D eigenvalue weighted by molar-refractivity contribution is 0.174. The van der Waals surface area contributed by atoms with Crippen LogP contribution in [0.4, 0.5) is 0 Å². The molecule has 0 radical (unpaired) electrons. The first kappa shape index (κ1) is 16.3. The van der Waals surface area contributed by atoms with E-state index in [1.165, 1.54) is 0 Å². The molecule has 2 aromatic carbocycles. The Morgan fingerprint density at radius 1 is 1.04 bits per heavy atom. The van der Waals surface area contributed by atoms with Gasteiger partial charge < -0.3 is 9.47 Å². The van der Waals surface area contributed by atoms with Crippen LogP contribution >= 0.6 is 15.9 Å². The second-order valence-electron chi connectivity index (χ2n) is 5.14. The second-order valence-corrected chi connectivity index (χ2v) is 7.83. The molecule has 7 heteroatoms. The van der Waals surface area contributed by atoms with Crippen LogP contribution in [0.1, 0.15) is 12.0 Å². The third-order valence-electron chi connectivity index (χ3n) is 3.50. The van der Waals surface area contributed by atoms with Gasteiger partial charge in [-0.1, -0.05) is 22.0 Å². The van der Waals surface area contributed by atoms with E-state index in [2.05, 4.69) is 20.7 Å². The smallest absolute Gasteiger partial charge is 0.240 e. The van der Waals surface area contributed by atoms with Gasteiger partial charge in [-0.05, 0) is 54.8 Å². The molecular weight excluding hydrogens is 382 g/mol. The highest BCUT2D eigenvalue weighted by molar-refractivity contribution is 9.10. The van der Waals surface area contributed by atoms with E-state index in [4.69, 9.17) is 9.47 Å². The van der Waals surface area contributed by atoms with Gasteiger partial charge in [0.1, 0.15) is 0 Å². The lowest BCUT2D eigenvalue weighted by atomic mass is 10.1. The fourth-order valence-corrected chi connectivity index (χ4v) is 3.63. The number of sulfonamides is 1. The predicted molar refractivity (Wildman–Crippen MR) is 90.2 cm³/mol. The molecule has 122 valence electrons. The van der Waals surface area contributed by atoms with Crippen molar-refractivity contribution in [2.75, 3.05) is 13.3 Å². The third kappa shape index (κ3) is 4.04. The average Bonchev–Trinajstić information content (AvgIpc) is 3.00. The van der Waals surface area contributed by atoms with E-state index in [-0.39, 0.29) is 11.7 Å². The van der Waals surface area contributed by atoms with Gasteiger partial charge in [-0.15, -0.1) is 0 Å². The molecule has 0 saturated carbocycles. The standard InChI is InChI=1S/C16H16BrNO4S/c17-13-4-6-14(7-5-13)23(19,20)18-9-1-2-12-3-8-15-16(10-12)22-11-21-15/h3-8,10,18H,1-2,9,11H2. The van der Waals surface area contributed by atoms with E-state index >= 15 is 0 Å². The van der Waals surface area contributed by atoms with Crippen molar-refractivity contribution in [3.63, 3.8) is 0 Å². The number of rotatable bonds is 6. The van der Waals surface area contributed by atoms with Crippen LogP contribution in [-0.2, 0) is 16.4 Å². The monoisotopic (exact) mass is 397 g/mol. The highest BCUT2D eigenvalue weighted by Gasteiger charge is 2.14. The number of benzene rings is 2. The lowest BCUT2D eigenvalue weighted by Crippen LogP contribution is -2.25. The van der Waals surface area contributed by atoms with Crippen molar-refractivity contribution < 1.29 is 17.9 Å². The van der Waals surface area contributed by atoms with Crippen LogP contribution < -0.4 is 14.2 Å². The average molecular weight is 398 g/mol. The minimum atomic E-state index is -3.46. The molecule has 5 nitrogen and oxygen atoms in total. The van der Waals surface area contributed by atoms with E-state index in [0.29, 0.717) is 13.0 Å². The number of halogens is 1. The molecule has 0 aliphatic carbocycles. The summed E-state index contributed by atoms with van der Waals surface area (Å²) < 4.78 is 38.3. The molecule has 0 fully saturated rings. The van der Waals surface area contributed by atoms with E-state index in [0.717, 1.165) is 28.0 Å². The second kappa shape index (κ2) is 6.90. The van der Waals surface area contributed by atoms with Gasteiger partial charge in [0.15, 0.2) is 11.5 Å². The van der Waals surface area contributed by atoms with Crippen molar-refractivity contribution in [1.29, 1.82) is 0 Å². The molecule has 0 amide bonds. The molecule has 0 aromatic heterocycles. The maximum Gasteiger partial charge on any atom is 0.240 e. The van der Waals surface area contributed by atoms with E-state index in [1.54, 1.807) is 24.3 Å².